The Morgan fingerprint density at radius 1 is 1.17 bits per heavy atom. The van der Waals surface area contributed by atoms with Crippen molar-refractivity contribution in [2.75, 3.05) is 6.54 Å². The molecule has 4 N–H and O–H groups in total. The zero-order valence-corrected chi connectivity index (χ0v) is 9.63. The standard InChI is InChI=1S/C12H13N3O3/c13-9(10(14)16)5-6-15-11(17)7-3-1-2-4-8(7)12(15)18/h1-4,9H,5-6,13H2,(H2,14,16). The molecule has 1 aromatic carbocycles. The lowest BCUT2D eigenvalue weighted by Gasteiger charge is -2.15. The zero-order chi connectivity index (χ0) is 13.3. The van der Waals surface area contributed by atoms with Crippen LogP contribution in [0.15, 0.2) is 24.3 Å². The molecule has 94 valence electrons. The Balaban J connectivity index is 2.12. The van der Waals surface area contributed by atoms with Gasteiger partial charge in [0.15, 0.2) is 0 Å². The quantitative estimate of drug-likeness (QED) is 0.698. The number of imide groups is 1. The molecular weight excluding hydrogens is 234 g/mol. The number of carbonyl (C=O) groups excluding carboxylic acids is 3. The SMILES string of the molecule is NC(=O)C(N)CCN1C(=O)c2ccccc2C1=O. The van der Waals surface area contributed by atoms with Crippen molar-refractivity contribution in [3.8, 4) is 0 Å². The van der Waals surface area contributed by atoms with Gasteiger partial charge < -0.3 is 11.5 Å². The molecule has 0 bridgehead atoms. The van der Waals surface area contributed by atoms with Crippen LogP contribution in [0.2, 0.25) is 0 Å². The van der Waals surface area contributed by atoms with Crippen LogP contribution in [-0.2, 0) is 4.79 Å². The number of fused-ring (bicyclic) bond motifs is 1. The van der Waals surface area contributed by atoms with Crippen molar-refractivity contribution in [2.24, 2.45) is 11.5 Å². The van der Waals surface area contributed by atoms with Gasteiger partial charge in [-0.05, 0) is 18.6 Å². The molecule has 0 radical (unpaired) electrons. The second kappa shape index (κ2) is 4.58. The van der Waals surface area contributed by atoms with Crippen LogP contribution in [-0.4, -0.2) is 35.2 Å². The van der Waals surface area contributed by atoms with Gasteiger partial charge in [0, 0.05) is 6.54 Å². The molecule has 3 amide bonds. The zero-order valence-electron chi connectivity index (χ0n) is 9.63. The van der Waals surface area contributed by atoms with Crippen LogP contribution in [0.4, 0.5) is 0 Å². The second-order valence-corrected chi connectivity index (χ2v) is 4.11. The molecule has 6 heteroatoms. The van der Waals surface area contributed by atoms with Gasteiger partial charge in [-0.1, -0.05) is 12.1 Å². The van der Waals surface area contributed by atoms with Gasteiger partial charge in [0.1, 0.15) is 0 Å². The van der Waals surface area contributed by atoms with E-state index in [4.69, 9.17) is 11.5 Å². The van der Waals surface area contributed by atoms with Crippen molar-refractivity contribution < 1.29 is 14.4 Å². The van der Waals surface area contributed by atoms with Crippen LogP contribution in [0.5, 0.6) is 0 Å². The predicted octanol–water partition coefficient (Wildman–Crippen LogP) is -0.515. The van der Waals surface area contributed by atoms with Gasteiger partial charge in [-0.25, -0.2) is 0 Å². The molecule has 1 aromatic rings. The summed E-state index contributed by atoms with van der Waals surface area (Å²) in [5.41, 5.74) is 11.3. The lowest BCUT2D eigenvalue weighted by molar-refractivity contribution is -0.119. The van der Waals surface area contributed by atoms with E-state index in [0.717, 1.165) is 4.90 Å². The van der Waals surface area contributed by atoms with Crippen LogP contribution in [0, 0.1) is 0 Å². The summed E-state index contributed by atoms with van der Waals surface area (Å²) in [6.07, 6.45) is 0.167. The fraction of sp³-hybridized carbons (Fsp3) is 0.250. The van der Waals surface area contributed by atoms with Crippen LogP contribution < -0.4 is 11.5 Å². The van der Waals surface area contributed by atoms with E-state index in [1.54, 1.807) is 24.3 Å². The highest BCUT2D eigenvalue weighted by Gasteiger charge is 2.35. The molecule has 1 unspecified atom stereocenters. The van der Waals surface area contributed by atoms with Crippen LogP contribution in [0.1, 0.15) is 27.1 Å². The minimum atomic E-state index is -0.852. The molecule has 0 aromatic heterocycles. The summed E-state index contributed by atoms with van der Waals surface area (Å²) in [5, 5.41) is 0. The molecule has 1 heterocycles. The maximum absolute atomic E-state index is 11.9. The first kappa shape index (κ1) is 12.3. The maximum atomic E-state index is 11.9. The van der Waals surface area contributed by atoms with E-state index >= 15 is 0 Å². The van der Waals surface area contributed by atoms with Crippen molar-refractivity contribution in [1.82, 2.24) is 4.90 Å². The number of primary amides is 1. The average molecular weight is 247 g/mol. The highest BCUT2D eigenvalue weighted by atomic mass is 16.2. The third kappa shape index (κ3) is 1.98. The Hall–Kier alpha value is -2.21. The van der Waals surface area contributed by atoms with Gasteiger partial charge >= 0.3 is 0 Å². The van der Waals surface area contributed by atoms with Crippen LogP contribution in [0.3, 0.4) is 0 Å². The predicted molar refractivity (Wildman–Crippen MR) is 63.6 cm³/mol. The molecular formula is C12H13N3O3. The van der Waals surface area contributed by atoms with E-state index in [0.29, 0.717) is 11.1 Å². The van der Waals surface area contributed by atoms with Gasteiger partial charge in [-0.15, -0.1) is 0 Å². The Labute approximate surface area is 104 Å². The smallest absolute Gasteiger partial charge is 0.261 e. The number of rotatable bonds is 4. The first-order valence-electron chi connectivity index (χ1n) is 5.52. The molecule has 0 spiro atoms. The van der Waals surface area contributed by atoms with Crippen molar-refractivity contribution in [3.63, 3.8) is 0 Å². The molecule has 1 aliphatic heterocycles. The molecule has 0 aliphatic carbocycles. The van der Waals surface area contributed by atoms with Crippen molar-refractivity contribution in [1.29, 1.82) is 0 Å². The summed E-state index contributed by atoms with van der Waals surface area (Å²) >= 11 is 0. The normalized spacial score (nSPS) is 15.7. The maximum Gasteiger partial charge on any atom is 0.261 e. The van der Waals surface area contributed by atoms with Gasteiger partial charge in [0.05, 0.1) is 17.2 Å². The minimum absolute atomic E-state index is 0.0937. The number of benzene rings is 1. The van der Waals surface area contributed by atoms with Gasteiger partial charge in [-0.2, -0.15) is 0 Å². The highest BCUT2D eigenvalue weighted by Crippen LogP contribution is 2.22. The summed E-state index contributed by atoms with van der Waals surface area (Å²) in [7, 11) is 0. The molecule has 18 heavy (non-hydrogen) atoms. The third-order valence-electron chi connectivity index (χ3n) is 2.91. The summed E-state index contributed by atoms with van der Waals surface area (Å²) in [4.78, 5) is 35.8. The van der Waals surface area contributed by atoms with Crippen LogP contribution >= 0.6 is 0 Å². The largest absolute Gasteiger partial charge is 0.368 e. The van der Waals surface area contributed by atoms with Gasteiger partial charge in [0.25, 0.3) is 11.8 Å². The fourth-order valence-corrected chi connectivity index (χ4v) is 1.85. The number of hydrogen-bond acceptors (Lipinski definition) is 4. The van der Waals surface area contributed by atoms with Gasteiger partial charge in [-0.3, -0.25) is 19.3 Å². The first-order valence-corrected chi connectivity index (χ1v) is 5.52. The number of nitrogens with zero attached hydrogens (tertiary/aromatic N) is 1. The van der Waals surface area contributed by atoms with Crippen LogP contribution in [0.25, 0.3) is 0 Å². The average Bonchev–Trinajstić information content (AvgIpc) is 2.60. The first-order chi connectivity index (χ1) is 8.52. The monoisotopic (exact) mass is 247 g/mol. The Kier molecular flexibility index (Phi) is 3.12. The van der Waals surface area contributed by atoms with E-state index in [-0.39, 0.29) is 24.8 Å². The van der Waals surface area contributed by atoms with E-state index in [9.17, 15) is 14.4 Å². The fourth-order valence-electron chi connectivity index (χ4n) is 1.85. The second-order valence-electron chi connectivity index (χ2n) is 4.11. The lowest BCUT2D eigenvalue weighted by Crippen LogP contribution is -2.41. The highest BCUT2D eigenvalue weighted by molar-refractivity contribution is 6.21. The molecule has 2 rings (SSSR count). The summed E-state index contributed by atoms with van der Waals surface area (Å²) in [6.45, 7) is 0.0937. The molecule has 1 aliphatic rings. The number of hydrogen-bond donors (Lipinski definition) is 2. The van der Waals surface area contributed by atoms with Gasteiger partial charge in [0.2, 0.25) is 5.91 Å². The molecule has 0 saturated heterocycles. The molecule has 0 saturated carbocycles. The van der Waals surface area contributed by atoms with Crippen molar-refractivity contribution in [2.45, 2.75) is 12.5 Å². The number of carbonyl (C=O) groups is 3. The number of nitrogens with two attached hydrogens (primary N) is 2. The van der Waals surface area contributed by atoms with E-state index in [2.05, 4.69) is 0 Å². The Bertz CT molecular complexity index is 492. The molecule has 6 nitrogen and oxygen atoms in total. The van der Waals surface area contributed by atoms with E-state index in [1.807, 2.05) is 0 Å². The molecule has 0 fully saturated rings. The van der Waals surface area contributed by atoms with E-state index < -0.39 is 11.9 Å². The van der Waals surface area contributed by atoms with Crippen molar-refractivity contribution >= 4 is 17.7 Å². The molecule has 1 atom stereocenters. The Morgan fingerprint density at radius 3 is 2.11 bits per heavy atom. The number of amides is 3. The van der Waals surface area contributed by atoms with Crippen molar-refractivity contribution in [3.05, 3.63) is 35.4 Å². The Morgan fingerprint density at radius 2 is 1.67 bits per heavy atom. The summed E-state index contributed by atoms with van der Waals surface area (Å²) in [5.74, 6) is -1.36. The minimum Gasteiger partial charge on any atom is -0.368 e. The summed E-state index contributed by atoms with van der Waals surface area (Å²) < 4.78 is 0. The summed E-state index contributed by atoms with van der Waals surface area (Å²) in [6, 6.07) is 5.74. The third-order valence-corrected chi connectivity index (χ3v) is 2.91. The topological polar surface area (TPSA) is 106 Å². The van der Waals surface area contributed by atoms with E-state index in [1.165, 1.54) is 0 Å². The lowest BCUT2D eigenvalue weighted by atomic mass is 10.1.